The Morgan fingerprint density at radius 1 is 0.429 bits per heavy atom. The monoisotopic (exact) mass is 445 g/mol. The summed E-state index contributed by atoms with van der Waals surface area (Å²) in [4.78, 5) is 0. The van der Waals surface area contributed by atoms with Crippen molar-refractivity contribution < 1.29 is 0 Å². The van der Waals surface area contributed by atoms with E-state index in [4.69, 9.17) is 0 Å². The minimum Gasteiger partial charge on any atom is -0.125 e. The van der Waals surface area contributed by atoms with Gasteiger partial charge in [-0.2, -0.15) is 0 Å². The third-order valence-electron chi connectivity index (χ3n) is 6.64. The summed E-state index contributed by atoms with van der Waals surface area (Å²) in [6.07, 6.45) is 7.27. The van der Waals surface area contributed by atoms with E-state index in [0.717, 1.165) is 6.42 Å². The van der Waals surface area contributed by atoms with Gasteiger partial charge in [0, 0.05) is 0 Å². The molecular weight excluding hydrogens is 420 g/mol. The fraction of sp³-hybridized carbons (Fsp3) is 0.0286. The average molecular weight is 446 g/mol. The first kappa shape index (κ1) is 21.2. The molecule has 0 saturated heterocycles. The maximum absolute atomic E-state index is 3.26. The number of benzene rings is 4. The van der Waals surface area contributed by atoms with Crippen molar-refractivity contribution in [2.45, 2.75) is 6.42 Å². The van der Waals surface area contributed by atoms with Gasteiger partial charge in [-0.1, -0.05) is 127 Å². The largest absolute Gasteiger partial charge is 0.125 e. The van der Waals surface area contributed by atoms with Crippen LogP contribution < -0.4 is 0 Å². The van der Waals surface area contributed by atoms with E-state index in [9.17, 15) is 0 Å². The van der Waals surface area contributed by atoms with E-state index in [1.54, 1.807) is 0 Å². The van der Waals surface area contributed by atoms with Crippen LogP contribution in [0.3, 0.4) is 0 Å². The van der Waals surface area contributed by atoms with E-state index >= 15 is 0 Å². The quantitative estimate of drug-likeness (QED) is 0.269. The smallest absolute Gasteiger partial charge is 0.0651 e. The van der Waals surface area contributed by atoms with E-state index in [2.05, 4.69) is 139 Å². The molecule has 1 radical (unpaired) electrons. The Bertz CT molecular complexity index is 1490. The van der Waals surface area contributed by atoms with Gasteiger partial charge in [0.05, 0.1) is 5.92 Å². The highest BCUT2D eigenvalue weighted by Crippen LogP contribution is 2.57. The van der Waals surface area contributed by atoms with Gasteiger partial charge in [-0.25, -0.2) is 0 Å². The Hall–Kier alpha value is -4.38. The summed E-state index contributed by atoms with van der Waals surface area (Å²) >= 11 is 0. The van der Waals surface area contributed by atoms with Crippen molar-refractivity contribution in [2.75, 3.05) is 0 Å². The highest BCUT2D eigenvalue weighted by Gasteiger charge is 2.38. The molecule has 0 aliphatic heterocycles. The summed E-state index contributed by atoms with van der Waals surface area (Å²) in [6.45, 7) is 0. The summed E-state index contributed by atoms with van der Waals surface area (Å²) in [5.74, 6) is 1.30. The Balaban J connectivity index is 1.75. The van der Waals surface area contributed by atoms with Crippen molar-refractivity contribution in [1.82, 2.24) is 0 Å². The van der Waals surface area contributed by atoms with Gasteiger partial charge >= 0.3 is 0 Å². The summed E-state index contributed by atoms with van der Waals surface area (Å²) in [6, 6.07) is 43.4. The molecule has 0 nitrogen and oxygen atoms in total. The van der Waals surface area contributed by atoms with Gasteiger partial charge in [-0.3, -0.25) is 0 Å². The molecule has 2 aliphatic carbocycles. The Morgan fingerprint density at radius 2 is 0.857 bits per heavy atom. The van der Waals surface area contributed by atoms with E-state index in [0.29, 0.717) is 0 Å². The van der Waals surface area contributed by atoms with Crippen LogP contribution in [-0.4, -0.2) is 0 Å². The second kappa shape index (κ2) is 9.47. The lowest BCUT2D eigenvalue weighted by atomic mass is 9.79. The fourth-order valence-electron chi connectivity index (χ4n) is 5.16. The Labute approximate surface area is 207 Å². The summed E-state index contributed by atoms with van der Waals surface area (Å²) in [7, 11) is 0. The third kappa shape index (κ3) is 3.95. The standard InChI is InChI=1S/C35H25/c1-6-16-26(17-7-1)31-32(27-18-8-2-9-19-27)34(29-22-12-4-13-23-29)35(30-24-14-5-15-25-30)33(31)28-20-10-3-11-21-28/h1-4,6-24H,25H2. The molecule has 2 aliphatic rings. The molecular formula is C35H25. The molecule has 0 amide bonds. The summed E-state index contributed by atoms with van der Waals surface area (Å²) in [5, 5.41) is 0. The van der Waals surface area contributed by atoms with E-state index in [1.807, 2.05) is 6.08 Å². The molecule has 35 heavy (non-hydrogen) atoms. The highest BCUT2D eigenvalue weighted by molar-refractivity contribution is 6.26. The van der Waals surface area contributed by atoms with Gasteiger partial charge in [-0.05, 0) is 68.7 Å². The number of hydrogen-bond donors (Lipinski definition) is 0. The molecule has 0 heteroatoms. The van der Waals surface area contributed by atoms with Crippen LogP contribution >= 0.6 is 0 Å². The maximum atomic E-state index is 3.26. The lowest BCUT2D eigenvalue weighted by Crippen LogP contribution is -2.07. The Kier molecular flexibility index (Phi) is 5.73. The van der Waals surface area contributed by atoms with Crippen LogP contribution in [0.2, 0.25) is 0 Å². The first-order valence-corrected chi connectivity index (χ1v) is 12.1. The fourth-order valence-corrected chi connectivity index (χ4v) is 5.16. The van der Waals surface area contributed by atoms with Crippen molar-refractivity contribution >= 4 is 16.7 Å². The molecule has 0 unspecified atom stereocenters. The molecule has 0 spiro atoms. The summed E-state index contributed by atoms with van der Waals surface area (Å²) in [5.41, 5.74) is 14.7. The van der Waals surface area contributed by atoms with Crippen LogP contribution in [-0.2, 0) is 0 Å². The van der Waals surface area contributed by atoms with Crippen LogP contribution in [0.1, 0.15) is 28.7 Å². The first-order valence-electron chi connectivity index (χ1n) is 12.1. The lowest BCUT2D eigenvalue weighted by molar-refractivity contribution is 1.18. The first-order chi connectivity index (χ1) is 17.4. The van der Waals surface area contributed by atoms with Gasteiger partial charge in [0.25, 0.3) is 0 Å². The molecule has 0 aromatic heterocycles. The highest BCUT2D eigenvalue weighted by atomic mass is 14.4. The van der Waals surface area contributed by atoms with Crippen molar-refractivity contribution in [3.63, 3.8) is 0 Å². The van der Waals surface area contributed by atoms with E-state index in [1.165, 1.54) is 56.0 Å². The number of rotatable bonds is 5. The summed E-state index contributed by atoms with van der Waals surface area (Å²) < 4.78 is 0. The SMILES string of the molecule is C1=CC=C(C2=C(c3ccccc3)C(c3ccccc3)=C(c3ccccc3)[C]2c2ccccc2)CC=1. The molecule has 4 aromatic rings. The molecule has 6 rings (SSSR count). The minimum atomic E-state index is 0.864. The van der Waals surface area contributed by atoms with Gasteiger partial charge in [-0.15, -0.1) is 5.73 Å². The zero-order valence-corrected chi connectivity index (χ0v) is 19.5. The molecule has 0 fully saturated rings. The minimum absolute atomic E-state index is 0.864. The molecule has 0 heterocycles. The van der Waals surface area contributed by atoms with Crippen molar-refractivity contribution in [3.05, 3.63) is 185 Å². The number of allylic oxidation sites excluding steroid dienone is 7. The van der Waals surface area contributed by atoms with E-state index in [-0.39, 0.29) is 0 Å². The van der Waals surface area contributed by atoms with Crippen molar-refractivity contribution in [3.8, 4) is 0 Å². The zero-order valence-electron chi connectivity index (χ0n) is 19.5. The molecule has 0 N–H and O–H groups in total. The average Bonchev–Trinajstić information content (AvgIpc) is 3.32. The van der Waals surface area contributed by atoms with Crippen LogP contribution in [0.5, 0.6) is 0 Å². The van der Waals surface area contributed by atoms with Crippen LogP contribution in [0, 0.1) is 5.92 Å². The molecule has 4 aromatic carbocycles. The molecule has 0 saturated carbocycles. The second-order valence-electron chi connectivity index (χ2n) is 8.77. The van der Waals surface area contributed by atoms with Crippen LogP contribution in [0.4, 0.5) is 0 Å². The van der Waals surface area contributed by atoms with Crippen molar-refractivity contribution in [2.24, 2.45) is 0 Å². The van der Waals surface area contributed by atoms with Crippen LogP contribution in [0.25, 0.3) is 16.7 Å². The van der Waals surface area contributed by atoms with Crippen LogP contribution in [0.15, 0.2) is 156 Å². The zero-order chi connectivity index (χ0) is 23.5. The lowest BCUT2D eigenvalue weighted by Gasteiger charge is -2.22. The van der Waals surface area contributed by atoms with Gasteiger partial charge < -0.3 is 0 Å². The maximum Gasteiger partial charge on any atom is 0.0651 e. The second-order valence-corrected chi connectivity index (χ2v) is 8.77. The molecule has 0 bridgehead atoms. The third-order valence-corrected chi connectivity index (χ3v) is 6.64. The van der Waals surface area contributed by atoms with Gasteiger partial charge in [0.1, 0.15) is 0 Å². The van der Waals surface area contributed by atoms with Gasteiger partial charge in [0.15, 0.2) is 0 Å². The topological polar surface area (TPSA) is 0 Å². The normalized spacial score (nSPS) is 15.6. The van der Waals surface area contributed by atoms with Crippen molar-refractivity contribution in [1.29, 1.82) is 0 Å². The predicted molar refractivity (Wildman–Crippen MR) is 147 cm³/mol. The number of hydrogen-bond acceptors (Lipinski definition) is 0. The predicted octanol–water partition coefficient (Wildman–Crippen LogP) is 8.73. The molecule has 0 atom stereocenters. The Morgan fingerprint density at radius 3 is 1.31 bits per heavy atom. The van der Waals surface area contributed by atoms with E-state index < -0.39 is 0 Å². The molecule has 165 valence electrons. The van der Waals surface area contributed by atoms with Gasteiger partial charge in [0.2, 0.25) is 0 Å².